The van der Waals surface area contributed by atoms with Gasteiger partial charge < -0.3 is 0 Å². The molecule has 0 aromatic heterocycles. The molecule has 4 aromatic rings. The molecule has 6 rings (SSSR count). The average molecular weight is 913 g/mol. The molecule has 7 heteroatoms. The van der Waals surface area contributed by atoms with Crippen molar-refractivity contribution < 1.29 is 16.2 Å². The number of hydrogen-bond acceptors (Lipinski definition) is 1. The minimum absolute atomic E-state index is 0.0188. The third kappa shape index (κ3) is 8.48. The average Bonchev–Trinajstić information content (AvgIpc) is 3.71. The van der Waals surface area contributed by atoms with Crippen molar-refractivity contribution in [2.24, 2.45) is 0 Å². The van der Waals surface area contributed by atoms with Crippen molar-refractivity contribution >= 4 is 50.6 Å². The van der Waals surface area contributed by atoms with E-state index in [9.17, 15) is 17.0 Å². The second-order valence-electron chi connectivity index (χ2n) is 19.9. The molecule has 4 aromatic carbocycles. The Bertz CT molecular complexity index is 2110. The fourth-order valence-corrected chi connectivity index (χ4v) is 53.1. The summed E-state index contributed by atoms with van der Waals surface area (Å²) in [7, 11) is 14.8. The summed E-state index contributed by atoms with van der Waals surface area (Å²) in [6, 6.07) is 23.6. The predicted molar refractivity (Wildman–Crippen MR) is 260 cm³/mol. The van der Waals surface area contributed by atoms with Crippen molar-refractivity contribution in [2.45, 2.75) is 140 Å². The minimum atomic E-state index is -5.34. The molecule has 2 unspecified atom stereocenters. The summed E-state index contributed by atoms with van der Waals surface area (Å²) in [4.78, 5) is 0.830. The van der Waals surface area contributed by atoms with Gasteiger partial charge in [-0.05, 0) is 0 Å². The first-order valence-corrected chi connectivity index (χ1v) is 39.6. The molecule has 0 spiro atoms. The first-order chi connectivity index (χ1) is 26.6. The molecule has 2 aliphatic carbocycles. The Morgan fingerprint density at radius 3 is 1.32 bits per heavy atom. The van der Waals surface area contributed by atoms with Crippen LogP contribution in [0.4, 0.5) is 0 Å². The van der Waals surface area contributed by atoms with E-state index in [0.717, 1.165) is 43.5 Å². The summed E-state index contributed by atoms with van der Waals surface area (Å²) >= 11 is -5.34. The van der Waals surface area contributed by atoms with Gasteiger partial charge in [0.25, 0.3) is 0 Å². The van der Waals surface area contributed by atoms with Gasteiger partial charge in [-0.15, -0.1) is 0 Å². The monoisotopic (exact) mass is 910 g/mol. The van der Waals surface area contributed by atoms with E-state index >= 15 is 0 Å². The second kappa shape index (κ2) is 16.6. The number of nitrogens with zero attached hydrogens (tertiary/aromatic N) is 1. The van der Waals surface area contributed by atoms with Crippen LogP contribution in [-0.4, -0.2) is 25.6 Å². The molecule has 0 saturated heterocycles. The van der Waals surface area contributed by atoms with Crippen LogP contribution in [0.15, 0.2) is 71.8 Å². The van der Waals surface area contributed by atoms with Crippen LogP contribution in [0.2, 0.25) is 39.3 Å². The zero-order valence-electron chi connectivity index (χ0n) is 37.7. The van der Waals surface area contributed by atoms with Crippen LogP contribution in [0, 0.1) is 41.5 Å². The van der Waals surface area contributed by atoms with E-state index in [-0.39, 0.29) is 7.25 Å². The third-order valence-corrected chi connectivity index (χ3v) is 40.5. The fraction of sp³-hybridized carbons (Fsp3) is 0.440. The van der Waals surface area contributed by atoms with Crippen molar-refractivity contribution in [3.8, 4) is 22.3 Å². The van der Waals surface area contributed by atoms with E-state index < -0.39 is 32.6 Å². The van der Waals surface area contributed by atoms with Crippen LogP contribution in [-0.2, 0) is 16.2 Å². The van der Waals surface area contributed by atoms with E-state index in [2.05, 4.69) is 172 Å². The molecule has 2 aliphatic rings. The number of aryl methyl sites for hydroxylation is 4. The van der Waals surface area contributed by atoms with Crippen LogP contribution < -0.4 is 0 Å². The normalized spacial score (nSPS) is 17.6. The quantitative estimate of drug-likeness (QED) is 0.114. The van der Waals surface area contributed by atoms with Crippen molar-refractivity contribution in [1.82, 2.24) is 4.14 Å². The second-order valence-corrected chi connectivity index (χ2v) is 52.1. The van der Waals surface area contributed by atoms with Crippen LogP contribution in [0.3, 0.4) is 0 Å². The summed E-state index contributed by atoms with van der Waals surface area (Å²) in [5.41, 5.74) is 21.8. The SMILES string of the molecule is CCCCC1=Cc2c(-c3cc(C)cc(C)c3C)cccc2[CH]1[Zr]([Cl])([Cl])([BH]N([Si](C)(C)C)[Si](C)(C)C)[CH]1C(CCCC)=Cc2c(-c3cc(C)cc(C)c3C)cccc21. The first kappa shape index (κ1) is 44.8. The Morgan fingerprint density at radius 1 is 0.579 bits per heavy atom. The number of benzene rings is 4. The Hall–Kier alpha value is -1.72. The Morgan fingerprint density at radius 2 is 0.965 bits per heavy atom. The number of halogens is 2. The molecular formula is C50H69BCl2NSi2Zr. The molecule has 0 bridgehead atoms. The van der Waals surface area contributed by atoms with E-state index in [1.165, 1.54) is 89.0 Å². The maximum absolute atomic E-state index is 9.27. The van der Waals surface area contributed by atoms with Crippen molar-refractivity contribution in [3.05, 3.63) is 127 Å². The van der Waals surface area contributed by atoms with Gasteiger partial charge in [-0.1, -0.05) is 0 Å². The van der Waals surface area contributed by atoms with Crippen LogP contribution >= 0.6 is 17.0 Å². The van der Waals surface area contributed by atoms with Crippen molar-refractivity contribution in [2.75, 3.05) is 0 Å². The molecule has 0 aliphatic heterocycles. The van der Waals surface area contributed by atoms with E-state index in [1.54, 1.807) is 0 Å². The molecule has 1 nitrogen and oxygen atoms in total. The van der Waals surface area contributed by atoms with E-state index in [4.69, 9.17) is 0 Å². The molecule has 2 atom stereocenters. The van der Waals surface area contributed by atoms with Gasteiger partial charge in [0, 0.05) is 0 Å². The number of fused-ring (bicyclic) bond motifs is 2. The fourth-order valence-electron chi connectivity index (χ4n) is 10.8. The Kier molecular flexibility index (Phi) is 13.1. The van der Waals surface area contributed by atoms with E-state index in [1.807, 2.05) is 0 Å². The molecular weight excluding hydrogens is 844 g/mol. The Balaban J connectivity index is 1.71. The maximum atomic E-state index is 9.27. The number of allylic oxidation sites excluding steroid dienone is 2. The van der Waals surface area contributed by atoms with Crippen molar-refractivity contribution in [1.29, 1.82) is 0 Å². The van der Waals surface area contributed by atoms with Gasteiger partial charge in [0.15, 0.2) is 0 Å². The van der Waals surface area contributed by atoms with Crippen molar-refractivity contribution in [3.63, 3.8) is 0 Å². The zero-order valence-corrected chi connectivity index (χ0v) is 43.7. The van der Waals surface area contributed by atoms with Crippen LogP contribution in [0.1, 0.15) is 115 Å². The molecule has 0 radical (unpaired) electrons. The number of hydrogen-bond donors (Lipinski definition) is 0. The standard InChI is InChI=1S/2C22H25.C6H19BNSi2.2ClH.Zr/c2*1-5-6-8-18-13-19-9-7-10-20(22(19)14-18)21-12-15(2)11-16(3)17(21)4;1-9(2,3)8(7)10(4,5)6;;;/h2*7,9-14H,5-6,8H2,1-4H3;7H,1-6H3;2*1H;/q;;+1;;;+1/p-2. The van der Waals surface area contributed by atoms with Gasteiger partial charge >= 0.3 is 361 Å². The van der Waals surface area contributed by atoms with Gasteiger partial charge in [0.1, 0.15) is 0 Å². The topological polar surface area (TPSA) is 3.24 Å². The number of rotatable bonds is 14. The summed E-state index contributed by atoms with van der Waals surface area (Å²) in [5, 5.41) is 0. The van der Waals surface area contributed by atoms with E-state index in [0.29, 0.717) is 0 Å². The van der Waals surface area contributed by atoms with Gasteiger partial charge in [-0.2, -0.15) is 0 Å². The van der Waals surface area contributed by atoms with Crippen LogP contribution in [0.25, 0.3) is 34.4 Å². The van der Waals surface area contributed by atoms with Gasteiger partial charge in [-0.3, -0.25) is 0 Å². The number of unbranched alkanes of at least 4 members (excludes halogenated alkanes) is 2. The molecule has 0 saturated carbocycles. The zero-order chi connectivity index (χ0) is 41.9. The Labute approximate surface area is 358 Å². The third-order valence-electron chi connectivity index (χ3n) is 13.4. The molecule has 303 valence electrons. The first-order valence-electron chi connectivity index (χ1n) is 21.8. The summed E-state index contributed by atoms with van der Waals surface area (Å²) < 4.78 is 3.00. The molecule has 0 fully saturated rings. The molecule has 0 amide bonds. The molecule has 57 heavy (non-hydrogen) atoms. The summed E-state index contributed by atoms with van der Waals surface area (Å²) in [6.07, 6.45) is 11.8. The predicted octanol–water partition coefficient (Wildman–Crippen LogP) is 16.1. The van der Waals surface area contributed by atoms with Crippen LogP contribution in [0.5, 0.6) is 0 Å². The van der Waals surface area contributed by atoms with Gasteiger partial charge in [0.05, 0.1) is 0 Å². The summed E-state index contributed by atoms with van der Waals surface area (Å²) in [6.45, 7) is 33.4. The molecule has 0 N–H and O–H groups in total. The van der Waals surface area contributed by atoms with Gasteiger partial charge in [-0.25, -0.2) is 0 Å². The van der Waals surface area contributed by atoms with Gasteiger partial charge in [0.2, 0.25) is 0 Å². The summed E-state index contributed by atoms with van der Waals surface area (Å²) in [5.74, 6) is 0. The molecule has 0 heterocycles.